The fraction of sp³-hybridized carbons (Fsp3) is 0.842. The zero-order chi connectivity index (χ0) is 15.8. The Morgan fingerprint density at radius 1 is 1.09 bits per heavy atom. The first-order valence-electron chi connectivity index (χ1n) is 8.92. The second kappa shape index (κ2) is 4.43. The number of hydrogen-bond acceptors (Lipinski definition) is 2. The molecule has 0 unspecified atom stereocenters. The molecular formula is C19H27FO2. The predicted molar refractivity (Wildman–Crippen MR) is 83.1 cm³/mol. The van der Waals surface area contributed by atoms with Crippen LogP contribution in [0.3, 0.4) is 0 Å². The van der Waals surface area contributed by atoms with Crippen molar-refractivity contribution in [1.82, 2.24) is 0 Å². The average molecular weight is 306 g/mol. The summed E-state index contributed by atoms with van der Waals surface area (Å²) in [5, 5.41) is 10.4. The highest BCUT2D eigenvalue weighted by atomic mass is 19.1. The predicted octanol–water partition coefficient (Wildman–Crippen LogP) is 3.97. The van der Waals surface area contributed by atoms with E-state index in [9.17, 15) is 9.90 Å². The lowest BCUT2D eigenvalue weighted by atomic mass is 9.46. The number of rotatable bonds is 0. The molecule has 3 heteroatoms. The van der Waals surface area contributed by atoms with Gasteiger partial charge in [0.05, 0.1) is 6.10 Å². The summed E-state index contributed by atoms with van der Waals surface area (Å²) in [6.07, 6.45) is 7.46. The number of alkyl halides is 1. The quantitative estimate of drug-likeness (QED) is 0.735. The number of aliphatic hydroxyl groups is 1. The summed E-state index contributed by atoms with van der Waals surface area (Å²) in [4.78, 5) is 11.8. The van der Waals surface area contributed by atoms with Gasteiger partial charge >= 0.3 is 0 Å². The monoisotopic (exact) mass is 306 g/mol. The van der Waals surface area contributed by atoms with Gasteiger partial charge in [0, 0.05) is 11.8 Å². The fourth-order valence-corrected chi connectivity index (χ4v) is 6.42. The molecule has 0 amide bonds. The Labute approximate surface area is 132 Å². The van der Waals surface area contributed by atoms with Crippen LogP contribution in [0.5, 0.6) is 0 Å². The number of carbonyl (C=O) groups is 1. The van der Waals surface area contributed by atoms with Crippen molar-refractivity contribution in [3.63, 3.8) is 0 Å². The summed E-state index contributed by atoms with van der Waals surface area (Å²) in [5.74, 6) is 0.530. The van der Waals surface area contributed by atoms with Crippen molar-refractivity contribution in [2.75, 3.05) is 0 Å². The van der Waals surface area contributed by atoms with E-state index in [1.54, 1.807) is 6.08 Å². The van der Waals surface area contributed by atoms with Gasteiger partial charge < -0.3 is 5.11 Å². The van der Waals surface area contributed by atoms with Crippen LogP contribution in [0, 0.1) is 22.7 Å². The Balaban J connectivity index is 1.76. The van der Waals surface area contributed by atoms with Crippen molar-refractivity contribution >= 4 is 5.78 Å². The topological polar surface area (TPSA) is 37.3 Å². The number of halogens is 1. The van der Waals surface area contributed by atoms with E-state index in [2.05, 4.69) is 13.8 Å². The molecule has 0 spiro atoms. The number of aliphatic hydroxyl groups excluding tert-OH is 1. The van der Waals surface area contributed by atoms with Crippen molar-refractivity contribution in [3.05, 3.63) is 11.6 Å². The third-order valence-corrected chi connectivity index (χ3v) is 8.02. The van der Waals surface area contributed by atoms with Gasteiger partial charge in [-0.25, -0.2) is 4.39 Å². The van der Waals surface area contributed by atoms with Gasteiger partial charge in [0.25, 0.3) is 0 Å². The molecule has 0 heterocycles. The highest BCUT2D eigenvalue weighted by Gasteiger charge is 2.66. The van der Waals surface area contributed by atoms with Crippen LogP contribution in [0.25, 0.3) is 0 Å². The van der Waals surface area contributed by atoms with Crippen molar-refractivity contribution in [2.24, 2.45) is 22.7 Å². The largest absolute Gasteiger partial charge is 0.393 e. The van der Waals surface area contributed by atoms with E-state index < -0.39 is 11.1 Å². The Hall–Kier alpha value is -0.700. The molecule has 6 atom stereocenters. The molecule has 3 fully saturated rings. The molecule has 0 radical (unpaired) electrons. The van der Waals surface area contributed by atoms with Gasteiger partial charge in [-0.3, -0.25) is 4.79 Å². The summed E-state index contributed by atoms with van der Waals surface area (Å²) in [5.41, 5.74) is -0.683. The van der Waals surface area contributed by atoms with E-state index in [1.807, 2.05) is 0 Å². The normalized spacial score (nSPS) is 54.3. The molecule has 0 aromatic heterocycles. The van der Waals surface area contributed by atoms with Gasteiger partial charge in [-0.2, -0.15) is 0 Å². The second-order valence-corrected chi connectivity index (χ2v) is 8.68. The maximum absolute atomic E-state index is 16.4. The van der Waals surface area contributed by atoms with Crippen LogP contribution >= 0.6 is 0 Å². The molecule has 22 heavy (non-hydrogen) atoms. The molecule has 0 bridgehead atoms. The molecule has 122 valence electrons. The SMILES string of the molecule is C[C@]12CC[C@@]3(F)[C@@H](CCC4=CC(=O)CC[C@@]43C)[C@@H]1CC[C@@H]2O. The van der Waals surface area contributed by atoms with E-state index in [0.717, 1.165) is 37.7 Å². The molecule has 4 rings (SSSR count). The first kappa shape index (κ1) is 14.9. The fourth-order valence-electron chi connectivity index (χ4n) is 6.42. The zero-order valence-electron chi connectivity index (χ0n) is 13.7. The smallest absolute Gasteiger partial charge is 0.155 e. The molecule has 3 saturated carbocycles. The number of allylic oxidation sites excluding steroid dienone is 1. The van der Waals surface area contributed by atoms with Gasteiger partial charge in [0.15, 0.2) is 5.78 Å². The van der Waals surface area contributed by atoms with Crippen molar-refractivity contribution < 1.29 is 14.3 Å². The standard InChI is InChI=1S/C19H27FO2/c1-17-9-10-19(20)15(14(17)5-6-16(17)22)4-3-12-11-13(21)7-8-18(12,19)2/h11,14-16,22H,3-10H2,1-2H3/t14-,15-,16-,17-,18-,19+/m0/s1. The number of carbonyl (C=O) groups excluding carboxylic acids is 1. The molecule has 4 aliphatic rings. The maximum Gasteiger partial charge on any atom is 0.155 e. The molecule has 0 aliphatic heterocycles. The van der Waals surface area contributed by atoms with Crippen LogP contribution in [0.2, 0.25) is 0 Å². The maximum atomic E-state index is 16.4. The lowest BCUT2D eigenvalue weighted by Gasteiger charge is -2.61. The minimum atomic E-state index is -1.19. The van der Waals surface area contributed by atoms with Crippen molar-refractivity contribution in [3.8, 4) is 0 Å². The summed E-state index contributed by atoms with van der Waals surface area (Å²) in [6, 6.07) is 0. The van der Waals surface area contributed by atoms with E-state index in [1.165, 1.54) is 0 Å². The van der Waals surface area contributed by atoms with E-state index in [4.69, 9.17) is 0 Å². The van der Waals surface area contributed by atoms with Crippen LogP contribution in [-0.2, 0) is 4.79 Å². The molecular weight excluding hydrogens is 279 g/mol. The molecule has 4 aliphatic carbocycles. The van der Waals surface area contributed by atoms with Crippen LogP contribution in [0.1, 0.15) is 65.2 Å². The van der Waals surface area contributed by atoms with Gasteiger partial charge in [-0.05, 0) is 68.3 Å². The first-order valence-corrected chi connectivity index (χ1v) is 8.92. The first-order chi connectivity index (χ1) is 10.3. The minimum absolute atomic E-state index is 0.0544. The van der Waals surface area contributed by atoms with Crippen LogP contribution < -0.4 is 0 Å². The number of hydrogen-bond donors (Lipinski definition) is 1. The third-order valence-electron chi connectivity index (χ3n) is 8.02. The number of fused-ring (bicyclic) bond motifs is 5. The second-order valence-electron chi connectivity index (χ2n) is 8.68. The van der Waals surface area contributed by atoms with Crippen LogP contribution in [-0.4, -0.2) is 22.7 Å². The van der Waals surface area contributed by atoms with Gasteiger partial charge in [0.1, 0.15) is 5.67 Å². The van der Waals surface area contributed by atoms with Crippen molar-refractivity contribution in [1.29, 1.82) is 0 Å². The van der Waals surface area contributed by atoms with Gasteiger partial charge in [-0.15, -0.1) is 0 Å². The Bertz CT molecular complexity index is 556. The lowest BCUT2D eigenvalue weighted by molar-refractivity contribution is -0.153. The molecule has 0 aromatic carbocycles. The zero-order valence-corrected chi connectivity index (χ0v) is 13.7. The summed E-state index contributed by atoms with van der Waals surface area (Å²) in [7, 11) is 0. The minimum Gasteiger partial charge on any atom is -0.393 e. The lowest BCUT2D eigenvalue weighted by Crippen LogP contribution is -2.61. The highest BCUT2D eigenvalue weighted by Crippen LogP contribution is 2.68. The van der Waals surface area contributed by atoms with Gasteiger partial charge in [-0.1, -0.05) is 19.4 Å². The summed E-state index contributed by atoms with van der Waals surface area (Å²) >= 11 is 0. The van der Waals surface area contributed by atoms with Crippen molar-refractivity contribution in [2.45, 2.75) is 77.0 Å². The Kier molecular flexibility index (Phi) is 3.00. The molecule has 1 N–H and O–H groups in total. The van der Waals surface area contributed by atoms with E-state index >= 15 is 4.39 Å². The van der Waals surface area contributed by atoms with E-state index in [0.29, 0.717) is 25.2 Å². The van der Waals surface area contributed by atoms with Gasteiger partial charge in [0.2, 0.25) is 0 Å². The molecule has 0 aromatic rings. The third kappa shape index (κ3) is 1.61. The Morgan fingerprint density at radius 2 is 1.86 bits per heavy atom. The van der Waals surface area contributed by atoms with Crippen LogP contribution in [0.15, 0.2) is 11.6 Å². The highest BCUT2D eigenvalue weighted by molar-refractivity contribution is 5.91. The van der Waals surface area contributed by atoms with Crippen LogP contribution in [0.4, 0.5) is 4.39 Å². The number of ketones is 1. The average Bonchev–Trinajstić information content (AvgIpc) is 2.77. The molecule has 2 nitrogen and oxygen atoms in total. The summed E-state index contributed by atoms with van der Waals surface area (Å²) in [6.45, 7) is 4.23. The molecule has 0 saturated heterocycles. The summed E-state index contributed by atoms with van der Waals surface area (Å²) < 4.78 is 16.4. The van der Waals surface area contributed by atoms with E-state index in [-0.39, 0.29) is 23.2 Å². The Morgan fingerprint density at radius 3 is 2.64 bits per heavy atom.